The first-order valence-electron chi connectivity index (χ1n) is 3.93. The lowest BCUT2D eigenvalue weighted by Crippen LogP contribution is -2.03. The van der Waals surface area contributed by atoms with Crippen LogP contribution in [0.4, 0.5) is 4.53 Å². The van der Waals surface area contributed by atoms with Crippen LogP contribution >= 0.6 is 30.1 Å². The van der Waals surface area contributed by atoms with Gasteiger partial charge in [0.05, 0.1) is 12.2 Å². The zero-order valence-corrected chi connectivity index (χ0v) is 10.5. The summed E-state index contributed by atoms with van der Waals surface area (Å²) in [5, 5.41) is 0. The summed E-state index contributed by atoms with van der Waals surface area (Å²) in [6.07, 6.45) is 0.599. The summed E-state index contributed by atoms with van der Waals surface area (Å²) in [5.41, 5.74) is 0.272. The van der Waals surface area contributed by atoms with Crippen molar-refractivity contribution in [3.8, 4) is 11.8 Å². The minimum atomic E-state index is -0.224. The molecular formula is C8H7FINO3S. The number of carbonyl (C=O) groups excluding carboxylic acids is 1. The van der Waals surface area contributed by atoms with E-state index < -0.39 is 0 Å². The number of rotatable bonds is 6. The van der Waals surface area contributed by atoms with E-state index in [-0.39, 0.29) is 17.3 Å². The Kier molecular flexibility index (Phi) is 5.69. The fourth-order valence-corrected chi connectivity index (χ4v) is 1.54. The van der Waals surface area contributed by atoms with Gasteiger partial charge < -0.3 is 4.74 Å². The van der Waals surface area contributed by atoms with Gasteiger partial charge in [-0.15, -0.1) is 0 Å². The number of halogens is 2. The van der Waals surface area contributed by atoms with Crippen molar-refractivity contribution in [1.29, 1.82) is 0 Å². The van der Waals surface area contributed by atoms with Crippen molar-refractivity contribution in [1.82, 2.24) is 4.98 Å². The predicted octanol–water partition coefficient (Wildman–Crippen LogP) is 2.62. The molecule has 0 aliphatic heterocycles. The van der Waals surface area contributed by atoms with Crippen LogP contribution in [0.5, 0.6) is 11.8 Å². The third kappa shape index (κ3) is 3.82. The standard InChI is InChI=1S/C8H7FINO3S/c9-14-7-2-1-6(5-12)8(11-7)13-3-4-15-10/h1-2,5H,3-4H2. The molecular weight excluding hydrogens is 336 g/mol. The van der Waals surface area contributed by atoms with Crippen LogP contribution in [-0.2, 0) is 0 Å². The summed E-state index contributed by atoms with van der Waals surface area (Å²) in [4.78, 5) is 17.7. The van der Waals surface area contributed by atoms with Crippen LogP contribution in [0.3, 0.4) is 0 Å². The molecule has 1 heterocycles. The number of nitrogens with zero attached hydrogens (tertiary/aromatic N) is 1. The Morgan fingerprint density at radius 1 is 1.60 bits per heavy atom. The molecule has 0 aliphatic carbocycles. The zero-order valence-electron chi connectivity index (χ0n) is 7.48. The topological polar surface area (TPSA) is 48.4 Å². The monoisotopic (exact) mass is 343 g/mol. The Bertz CT molecular complexity index is 340. The van der Waals surface area contributed by atoms with Crippen molar-refractivity contribution in [3.05, 3.63) is 17.7 Å². The number of pyridine rings is 1. The highest BCUT2D eigenvalue weighted by atomic mass is 127. The van der Waals surface area contributed by atoms with Gasteiger partial charge in [0.1, 0.15) is 0 Å². The van der Waals surface area contributed by atoms with Gasteiger partial charge in [-0.25, -0.2) is 0 Å². The zero-order chi connectivity index (χ0) is 11.1. The molecule has 0 amide bonds. The van der Waals surface area contributed by atoms with Crippen molar-refractivity contribution in [3.63, 3.8) is 0 Å². The van der Waals surface area contributed by atoms with Crippen molar-refractivity contribution < 1.29 is 19.0 Å². The van der Waals surface area contributed by atoms with E-state index in [9.17, 15) is 9.32 Å². The Morgan fingerprint density at radius 2 is 2.40 bits per heavy atom. The summed E-state index contributed by atoms with van der Waals surface area (Å²) >= 11 is 2.12. The van der Waals surface area contributed by atoms with Gasteiger partial charge in [0.2, 0.25) is 5.88 Å². The summed E-state index contributed by atoms with van der Waals surface area (Å²) in [7, 11) is 1.57. The van der Waals surface area contributed by atoms with Gasteiger partial charge in [-0.3, -0.25) is 9.74 Å². The molecule has 0 fully saturated rings. The van der Waals surface area contributed by atoms with Crippen molar-refractivity contribution >= 4 is 36.4 Å². The highest BCUT2D eigenvalue weighted by molar-refractivity contribution is 14.2. The van der Waals surface area contributed by atoms with Crippen LogP contribution in [0.25, 0.3) is 0 Å². The number of aromatic nitrogens is 1. The van der Waals surface area contributed by atoms with E-state index >= 15 is 0 Å². The Morgan fingerprint density at radius 3 is 3.00 bits per heavy atom. The molecule has 82 valence electrons. The first kappa shape index (κ1) is 12.5. The first-order chi connectivity index (χ1) is 7.31. The number of hydrogen-bond donors (Lipinski definition) is 0. The second-order valence-electron chi connectivity index (χ2n) is 2.40. The maximum absolute atomic E-state index is 11.8. The van der Waals surface area contributed by atoms with Crippen LogP contribution in [0.1, 0.15) is 10.4 Å². The molecule has 0 radical (unpaired) electrons. The minimum Gasteiger partial charge on any atom is -0.476 e. The third-order valence-corrected chi connectivity index (χ3v) is 3.11. The van der Waals surface area contributed by atoms with E-state index in [4.69, 9.17) is 4.74 Å². The van der Waals surface area contributed by atoms with Crippen LogP contribution in [0.2, 0.25) is 0 Å². The lowest BCUT2D eigenvalue weighted by molar-refractivity contribution is -0.0125. The average Bonchev–Trinajstić information content (AvgIpc) is 2.29. The van der Waals surface area contributed by atoms with E-state index in [0.29, 0.717) is 12.9 Å². The number of ether oxygens (including phenoxy) is 1. The lowest BCUT2D eigenvalue weighted by Gasteiger charge is -2.06. The molecule has 0 saturated heterocycles. The molecule has 1 aromatic rings. The van der Waals surface area contributed by atoms with Gasteiger partial charge in [-0.05, 0) is 27.3 Å². The molecule has 15 heavy (non-hydrogen) atoms. The van der Waals surface area contributed by atoms with Gasteiger partial charge in [-0.2, -0.15) is 4.98 Å². The minimum absolute atomic E-state index is 0.0885. The van der Waals surface area contributed by atoms with Gasteiger partial charge in [0.25, 0.3) is 5.88 Å². The molecule has 0 unspecified atom stereocenters. The fourth-order valence-electron chi connectivity index (χ4n) is 0.852. The van der Waals surface area contributed by atoms with E-state index in [1.807, 2.05) is 0 Å². The molecule has 0 saturated carbocycles. The second-order valence-corrected chi connectivity index (χ2v) is 4.90. The first-order valence-corrected chi connectivity index (χ1v) is 7.45. The lowest BCUT2D eigenvalue weighted by atomic mass is 10.3. The van der Waals surface area contributed by atoms with Crippen LogP contribution in [0, 0.1) is 0 Å². The van der Waals surface area contributed by atoms with Crippen molar-refractivity contribution in [2.75, 3.05) is 12.4 Å². The summed E-state index contributed by atoms with van der Waals surface area (Å²) < 4.78 is 17.0. The van der Waals surface area contributed by atoms with Crippen LogP contribution in [-0.4, -0.2) is 23.6 Å². The maximum atomic E-state index is 11.8. The highest BCUT2D eigenvalue weighted by Crippen LogP contribution is 2.19. The Labute approximate surface area is 102 Å². The fraction of sp³-hybridized carbons (Fsp3) is 0.250. The molecule has 0 N–H and O–H groups in total. The molecule has 0 aromatic carbocycles. The summed E-state index contributed by atoms with van der Waals surface area (Å²) in [6, 6.07) is 2.64. The average molecular weight is 343 g/mol. The van der Waals surface area contributed by atoms with Gasteiger partial charge in [0.15, 0.2) is 6.29 Å². The molecule has 0 spiro atoms. The van der Waals surface area contributed by atoms with Crippen LogP contribution in [0.15, 0.2) is 12.1 Å². The normalized spacial score (nSPS) is 9.73. The van der Waals surface area contributed by atoms with E-state index in [1.54, 1.807) is 8.93 Å². The summed E-state index contributed by atoms with van der Waals surface area (Å²) in [6.45, 7) is 0.400. The highest BCUT2D eigenvalue weighted by Gasteiger charge is 2.07. The summed E-state index contributed by atoms with van der Waals surface area (Å²) in [5.74, 6) is 0.615. The molecule has 0 atom stereocenters. The Balaban J connectivity index is 2.76. The molecule has 4 nitrogen and oxygen atoms in total. The third-order valence-electron chi connectivity index (χ3n) is 1.47. The number of carbonyl (C=O) groups is 1. The SMILES string of the molecule is O=Cc1ccc(OF)nc1OCCSI. The quantitative estimate of drug-likeness (QED) is 0.452. The molecule has 0 aliphatic rings. The van der Waals surface area contributed by atoms with Gasteiger partial charge in [-0.1, -0.05) is 8.93 Å². The van der Waals surface area contributed by atoms with Crippen molar-refractivity contribution in [2.24, 2.45) is 0 Å². The molecule has 1 aromatic heterocycles. The van der Waals surface area contributed by atoms with Crippen molar-refractivity contribution in [2.45, 2.75) is 0 Å². The molecule has 0 bridgehead atoms. The predicted molar refractivity (Wildman–Crippen MR) is 63.3 cm³/mol. The molecule has 1 rings (SSSR count). The van der Waals surface area contributed by atoms with E-state index in [0.717, 1.165) is 5.75 Å². The largest absolute Gasteiger partial charge is 0.476 e. The van der Waals surface area contributed by atoms with Gasteiger partial charge >= 0.3 is 0 Å². The number of hydrogen-bond acceptors (Lipinski definition) is 5. The van der Waals surface area contributed by atoms with E-state index in [1.165, 1.54) is 12.1 Å². The second kappa shape index (κ2) is 6.83. The van der Waals surface area contributed by atoms with Gasteiger partial charge in [0, 0.05) is 16.3 Å². The number of aldehydes is 1. The van der Waals surface area contributed by atoms with Crippen LogP contribution < -0.4 is 9.68 Å². The smallest absolute Gasteiger partial charge is 0.266 e. The molecule has 7 heteroatoms. The maximum Gasteiger partial charge on any atom is 0.266 e. The van der Waals surface area contributed by atoms with E-state index in [2.05, 4.69) is 31.1 Å². The Hall–Kier alpha value is -0.570.